The van der Waals surface area contributed by atoms with Crippen molar-refractivity contribution in [2.75, 3.05) is 40.9 Å². The fraction of sp³-hybridized carbons (Fsp3) is 0.375. The van der Waals surface area contributed by atoms with E-state index in [0.717, 1.165) is 48.9 Å². The summed E-state index contributed by atoms with van der Waals surface area (Å²) in [5, 5.41) is 0. The van der Waals surface area contributed by atoms with Crippen molar-refractivity contribution in [1.82, 2.24) is 14.8 Å². The van der Waals surface area contributed by atoms with Crippen LogP contribution in [0.3, 0.4) is 0 Å². The number of benzene rings is 2. The molecule has 0 saturated carbocycles. The molecule has 1 aliphatic rings. The summed E-state index contributed by atoms with van der Waals surface area (Å²) in [7, 11) is 5.49. The maximum absolute atomic E-state index is 6.03. The van der Waals surface area contributed by atoms with Gasteiger partial charge in [0.05, 0.1) is 25.5 Å². The number of likely N-dealkylation sites (N-methyl/N-ethyl adjacent to an activating group) is 1. The average Bonchev–Trinajstić information content (AvgIpc) is 3.15. The Hall–Kier alpha value is -2.83. The number of hydrogen-bond donors (Lipinski definition) is 0. The van der Waals surface area contributed by atoms with Crippen molar-refractivity contribution < 1.29 is 13.9 Å². The van der Waals surface area contributed by atoms with Crippen LogP contribution >= 0.6 is 0 Å². The first-order valence-corrected chi connectivity index (χ1v) is 10.2. The lowest BCUT2D eigenvalue weighted by Crippen LogP contribution is -2.46. The lowest BCUT2D eigenvalue weighted by Gasteiger charge is -2.39. The number of aryl methyl sites for hydroxylation is 1. The molecule has 6 nitrogen and oxygen atoms in total. The molecule has 0 spiro atoms. The smallest absolute Gasteiger partial charge is 0.230 e. The molecule has 0 unspecified atom stereocenters. The second-order valence-electron chi connectivity index (χ2n) is 7.73. The van der Waals surface area contributed by atoms with Gasteiger partial charge in [0.2, 0.25) is 5.89 Å². The molecule has 158 valence electrons. The number of rotatable bonds is 6. The molecule has 0 aliphatic carbocycles. The van der Waals surface area contributed by atoms with Crippen molar-refractivity contribution in [3.8, 4) is 23.0 Å². The molecule has 30 heavy (non-hydrogen) atoms. The van der Waals surface area contributed by atoms with Crippen LogP contribution in [0.2, 0.25) is 0 Å². The molecule has 1 aromatic heterocycles. The van der Waals surface area contributed by atoms with Crippen LogP contribution < -0.4 is 9.47 Å². The molecule has 6 heteroatoms. The van der Waals surface area contributed by atoms with E-state index in [0.29, 0.717) is 17.7 Å². The van der Waals surface area contributed by atoms with Gasteiger partial charge in [-0.2, -0.15) is 0 Å². The quantitative estimate of drug-likeness (QED) is 0.612. The number of ether oxygens (including phenoxy) is 2. The molecule has 0 radical (unpaired) electrons. The summed E-state index contributed by atoms with van der Waals surface area (Å²) in [6.07, 6.45) is 0. The van der Waals surface area contributed by atoms with Crippen LogP contribution in [0, 0.1) is 6.92 Å². The number of aromatic nitrogens is 1. The van der Waals surface area contributed by atoms with Crippen molar-refractivity contribution in [2.24, 2.45) is 0 Å². The molecule has 0 N–H and O–H groups in total. The molecular formula is C24H29N3O3. The van der Waals surface area contributed by atoms with Crippen molar-refractivity contribution >= 4 is 0 Å². The van der Waals surface area contributed by atoms with Gasteiger partial charge < -0.3 is 13.9 Å². The largest absolute Gasteiger partial charge is 0.497 e. The lowest BCUT2D eigenvalue weighted by molar-refractivity contribution is 0.0894. The van der Waals surface area contributed by atoms with E-state index in [1.54, 1.807) is 14.2 Å². The third kappa shape index (κ3) is 4.20. The highest BCUT2D eigenvalue weighted by atomic mass is 16.5. The van der Waals surface area contributed by atoms with Gasteiger partial charge in [-0.15, -0.1) is 0 Å². The Balaban J connectivity index is 1.55. The topological polar surface area (TPSA) is 51.0 Å². The van der Waals surface area contributed by atoms with E-state index in [9.17, 15) is 0 Å². The summed E-state index contributed by atoms with van der Waals surface area (Å²) in [6.45, 7) is 5.73. The molecule has 0 bridgehead atoms. The lowest BCUT2D eigenvalue weighted by atomic mass is 10.0. The second kappa shape index (κ2) is 8.90. The highest BCUT2D eigenvalue weighted by molar-refractivity contribution is 5.65. The van der Waals surface area contributed by atoms with Crippen LogP contribution in [0.25, 0.3) is 11.5 Å². The number of oxazole rings is 1. The number of methoxy groups -OCH3 is 2. The van der Waals surface area contributed by atoms with Crippen molar-refractivity contribution in [3.63, 3.8) is 0 Å². The fourth-order valence-electron chi connectivity index (χ4n) is 3.99. The minimum atomic E-state index is 0.380. The first kappa shape index (κ1) is 20.4. The van der Waals surface area contributed by atoms with Crippen LogP contribution in [0.15, 0.2) is 52.9 Å². The van der Waals surface area contributed by atoms with Crippen LogP contribution in [-0.4, -0.2) is 55.7 Å². The number of piperazine rings is 1. The third-order valence-corrected chi connectivity index (χ3v) is 5.82. The Morgan fingerprint density at radius 1 is 1.07 bits per heavy atom. The molecule has 2 aromatic carbocycles. The summed E-state index contributed by atoms with van der Waals surface area (Å²) >= 11 is 0. The van der Waals surface area contributed by atoms with Gasteiger partial charge in [0.15, 0.2) is 0 Å². The fourth-order valence-corrected chi connectivity index (χ4v) is 3.99. The van der Waals surface area contributed by atoms with Gasteiger partial charge in [-0.25, -0.2) is 4.98 Å². The third-order valence-electron chi connectivity index (χ3n) is 5.82. The Kier molecular flexibility index (Phi) is 6.06. The normalized spacial score (nSPS) is 17.8. The summed E-state index contributed by atoms with van der Waals surface area (Å²) in [4.78, 5) is 9.70. The molecule has 1 atom stereocenters. The van der Waals surface area contributed by atoms with Crippen molar-refractivity contribution in [3.05, 3.63) is 65.5 Å². The maximum Gasteiger partial charge on any atom is 0.230 e. The van der Waals surface area contributed by atoms with E-state index >= 15 is 0 Å². The predicted octanol–water partition coefficient (Wildman–Crippen LogP) is 4.16. The zero-order valence-electron chi connectivity index (χ0n) is 18.1. The standard InChI is InChI=1S/C24H29N3O3/c1-17-21(25-24(30-17)20-14-19(28-3)10-11-23(20)29-4)15-27-13-12-26(2)22(16-27)18-8-6-5-7-9-18/h5-11,14,22H,12-13,15-16H2,1-4H3/t22-/m0/s1. The summed E-state index contributed by atoms with van der Waals surface area (Å²) in [5.74, 6) is 2.86. The average molecular weight is 408 g/mol. The molecule has 1 saturated heterocycles. The van der Waals surface area contributed by atoms with E-state index in [4.69, 9.17) is 18.9 Å². The van der Waals surface area contributed by atoms with Crippen LogP contribution in [0.1, 0.15) is 23.1 Å². The van der Waals surface area contributed by atoms with Gasteiger partial charge >= 0.3 is 0 Å². The molecule has 4 rings (SSSR count). The monoisotopic (exact) mass is 407 g/mol. The molecule has 1 fully saturated rings. The van der Waals surface area contributed by atoms with Gasteiger partial charge in [-0.1, -0.05) is 30.3 Å². The predicted molar refractivity (Wildman–Crippen MR) is 117 cm³/mol. The van der Waals surface area contributed by atoms with Crippen LogP contribution in [0.5, 0.6) is 11.5 Å². The van der Waals surface area contributed by atoms with Gasteiger partial charge in [0, 0.05) is 32.2 Å². The SMILES string of the molecule is COc1ccc(OC)c(-c2nc(CN3CCN(C)[C@H](c4ccccc4)C3)c(C)o2)c1. The number of hydrogen-bond acceptors (Lipinski definition) is 6. The highest BCUT2D eigenvalue weighted by Crippen LogP contribution is 2.34. The zero-order chi connectivity index (χ0) is 21.1. The van der Waals surface area contributed by atoms with E-state index in [1.807, 2.05) is 25.1 Å². The molecule has 3 aromatic rings. The highest BCUT2D eigenvalue weighted by Gasteiger charge is 2.27. The van der Waals surface area contributed by atoms with E-state index in [-0.39, 0.29) is 0 Å². The van der Waals surface area contributed by atoms with Crippen molar-refractivity contribution in [2.45, 2.75) is 19.5 Å². The first-order chi connectivity index (χ1) is 14.6. The summed E-state index contributed by atoms with van der Waals surface area (Å²) in [5.41, 5.74) is 3.11. The van der Waals surface area contributed by atoms with Crippen molar-refractivity contribution in [1.29, 1.82) is 0 Å². The van der Waals surface area contributed by atoms with E-state index in [1.165, 1.54) is 5.56 Å². The molecule has 0 amide bonds. The molecular weight excluding hydrogens is 378 g/mol. The Labute approximate surface area is 178 Å². The molecule has 2 heterocycles. The zero-order valence-corrected chi connectivity index (χ0v) is 18.1. The first-order valence-electron chi connectivity index (χ1n) is 10.2. The Bertz CT molecular complexity index is 987. The maximum atomic E-state index is 6.03. The minimum Gasteiger partial charge on any atom is -0.497 e. The van der Waals surface area contributed by atoms with E-state index in [2.05, 4.69) is 47.2 Å². The Morgan fingerprint density at radius 2 is 1.87 bits per heavy atom. The number of nitrogens with zero attached hydrogens (tertiary/aromatic N) is 3. The summed E-state index contributed by atoms with van der Waals surface area (Å²) in [6, 6.07) is 16.7. The van der Waals surface area contributed by atoms with Gasteiger partial charge in [-0.05, 0) is 37.7 Å². The van der Waals surface area contributed by atoms with Gasteiger partial charge in [0.1, 0.15) is 17.3 Å². The minimum absolute atomic E-state index is 0.380. The Morgan fingerprint density at radius 3 is 2.60 bits per heavy atom. The summed E-state index contributed by atoms with van der Waals surface area (Å²) < 4.78 is 16.9. The van der Waals surface area contributed by atoms with Crippen LogP contribution in [-0.2, 0) is 6.54 Å². The van der Waals surface area contributed by atoms with Crippen LogP contribution in [0.4, 0.5) is 0 Å². The molecule has 1 aliphatic heterocycles. The van der Waals surface area contributed by atoms with E-state index < -0.39 is 0 Å². The van der Waals surface area contributed by atoms with Gasteiger partial charge in [-0.3, -0.25) is 9.80 Å². The van der Waals surface area contributed by atoms with Gasteiger partial charge in [0.25, 0.3) is 0 Å². The second-order valence-corrected chi connectivity index (χ2v) is 7.73.